The number of amides is 1. The molecule has 1 aromatic heterocycles. The highest BCUT2D eigenvalue weighted by Crippen LogP contribution is 2.42. The monoisotopic (exact) mass is 353 g/mol. The van der Waals surface area contributed by atoms with Crippen LogP contribution in [0.1, 0.15) is 74.7 Å². The van der Waals surface area contributed by atoms with Crippen LogP contribution in [0.4, 0.5) is 5.00 Å². The van der Waals surface area contributed by atoms with Gasteiger partial charge in [0, 0.05) is 12.8 Å². The zero-order valence-corrected chi connectivity index (χ0v) is 16.4. The van der Waals surface area contributed by atoms with Gasteiger partial charge in [-0.05, 0) is 39.7 Å². The summed E-state index contributed by atoms with van der Waals surface area (Å²) in [5.41, 5.74) is 1.41. The molecule has 2 heterocycles. The van der Waals surface area contributed by atoms with Gasteiger partial charge in [-0.3, -0.25) is 4.79 Å². The molecule has 0 fully saturated rings. The number of carbonyl (C=O) groups excluding carboxylic acids is 2. The fraction of sp³-hybridized carbons (Fsp3) is 0.667. The van der Waals surface area contributed by atoms with Gasteiger partial charge in [0.05, 0.1) is 23.1 Å². The van der Waals surface area contributed by atoms with Crippen LogP contribution in [0.5, 0.6) is 0 Å². The molecule has 0 saturated heterocycles. The summed E-state index contributed by atoms with van der Waals surface area (Å²) in [6.45, 7) is 10.7. The second kappa shape index (κ2) is 6.84. The second-order valence-electron chi connectivity index (χ2n) is 7.79. The van der Waals surface area contributed by atoms with Crippen molar-refractivity contribution in [1.29, 1.82) is 0 Å². The van der Waals surface area contributed by atoms with E-state index in [2.05, 4.69) is 45.3 Å². The molecule has 1 aromatic rings. The van der Waals surface area contributed by atoms with Crippen LogP contribution in [-0.4, -0.2) is 24.5 Å². The van der Waals surface area contributed by atoms with E-state index in [1.165, 1.54) is 18.4 Å². The molecule has 0 saturated carbocycles. The number of unbranched alkanes of at least 4 members (excludes halogenated alkanes) is 1. The number of anilines is 1. The van der Waals surface area contributed by atoms with E-state index in [-0.39, 0.29) is 23.0 Å². The van der Waals surface area contributed by atoms with E-state index in [1.54, 1.807) is 0 Å². The molecule has 0 aliphatic carbocycles. The van der Waals surface area contributed by atoms with E-state index in [1.807, 2.05) is 0 Å². The molecule has 6 heteroatoms. The van der Waals surface area contributed by atoms with Crippen LogP contribution in [0, 0.1) is 0 Å². The number of fused-ring (bicyclic) bond motifs is 1. The second-order valence-corrected chi connectivity index (χ2v) is 8.81. The summed E-state index contributed by atoms with van der Waals surface area (Å²) < 4.78 is 5.01. The highest BCUT2D eigenvalue weighted by Gasteiger charge is 2.45. The van der Waals surface area contributed by atoms with Crippen LogP contribution in [0.3, 0.4) is 0 Å². The normalized spacial score (nSPS) is 17.9. The highest BCUT2D eigenvalue weighted by atomic mass is 32.1. The smallest absolute Gasteiger partial charge is 0.341 e. The first kappa shape index (κ1) is 18.9. The largest absolute Gasteiger partial charge is 0.465 e. The van der Waals surface area contributed by atoms with Crippen molar-refractivity contribution in [3.8, 4) is 0 Å². The number of rotatable bonds is 5. The molecule has 1 aliphatic heterocycles. The minimum Gasteiger partial charge on any atom is -0.465 e. The first-order valence-corrected chi connectivity index (χ1v) is 9.34. The number of hydrogen-bond donors (Lipinski definition) is 2. The van der Waals surface area contributed by atoms with Gasteiger partial charge in [0.25, 0.3) is 0 Å². The molecule has 2 rings (SSSR count). The van der Waals surface area contributed by atoms with Crippen molar-refractivity contribution in [1.82, 2.24) is 0 Å². The minimum atomic E-state index is -0.369. The number of nitrogens with two attached hydrogens (primary N) is 1. The number of methoxy groups -OCH3 is 1. The molecule has 1 amide bonds. The van der Waals surface area contributed by atoms with Crippen molar-refractivity contribution in [2.75, 3.05) is 12.4 Å². The van der Waals surface area contributed by atoms with E-state index in [0.29, 0.717) is 17.0 Å². The zero-order valence-electron chi connectivity index (χ0n) is 15.5. The van der Waals surface area contributed by atoms with Gasteiger partial charge in [0.1, 0.15) is 10.5 Å². The summed E-state index contributed by atoms with van der Waals surface area (Å²) in [5, 5.41) is 5.92. The molecule has 134 valence electrons. The Bertz CT molecular complexity index is 647. The molecule has 0 spiro atoms. The summed E-state index contributed by atoms with van der Waals surface area (Å²) >= 11 is 1.51. The maximum atomic E-state index is 12.4. The van der Waals surface area contributed by atoms with Gasteiger partial charge in [-0.2, -0.15) is 0 Å². The molecule has 0 radical (unpaired) electrons. The quantitative estimate of drug-likeness (QED) is 0.800. The van der Waals surface area contributed by atoms with Crippen LogP contribution < -0.4 is 10.6 Å². The third-order valence-corrected chi connectivity index (χ3v) is 5.86. The Balaban J connectivity index is 2.48. The minimum absolute atomic E-state index is 0.0101. The van der Waals surface area contributed by atoms with E-state index in [9.17, 15) is 9.59 Å². The van der Waals surface area contributed by atoms with Crippen LogP contribution >= 0.6 is 11.3 Å². The first-order chi connectivity index (χ1) is 11.1. The van der Waals surface area contributed by atoms with E-state index in [0.717, 1.165) is 29.7 Å². The van der Waals surface area contributed by atoms with E-state index in [4.69, 9.17) is 4.74 Å². The van der Waals surface area contributed by atoms with Crippen molar-refractivity contribution in [2.45, 2.75) is 71.4 Å². The number of quaternary nitrogens is 1. The molecule has 24 heavy (non-hydrogen) atoms. The summed E-state index contributed by atoms with van der Waals surface area (Å²) in [6.07, 6.45) is 3.06. The lowest BCUT2D eigenvalue weighted by molar-refractivity contribution is -0.789. The maximum absolute atomic E-state index is 12.4. The average molecular weight is 354 g/mol. The molecule has 3 N–H and O–H groups in total. The molecular formula is C18H29N2O3S+. The lowest BCUT2D eigenvalue weighted by atomic mass is 9.81. The van der Waals surface area contributed by atoms with Crippen LogP contribution in [0.15, 0.2) is 0 Å². The highest BCUT2D eigenvalue weighted by molar-refractivity contribution is 7.17. The number of ether oxygens (including phenoxy) is 1. The summed E-state index contributed by atoms with van der Waals surface area (Å²) in [7, 11) is 1.39. The van der Waals surface area contributed by atoms with Crippen LogP contribution in [0.2, 0.25) is 0 Å². The van der Waals surface area contributed by atoms with Crippen LogP contribution in [0.25, 0.3) is 0 Å². The molecule has 0 unspecified atom stereocenters. The van der Waals surface area contributed by atoms with Crippen molar-refractivity contribution in [2.24, 2.45) is 0 Å². The predicted molar refractivity (Wildman–Crippen MR) is 96.5 cm³/mol. The molecule has 0 atom stereocenters. The Morgan fingerprint density at radius 1 is 1.29 bits per heavy atom. The third-order valence-electron chi connectivity index (χ3n) is 4.38. The molecule has 1 aliphatic rings. The van der Waals surface area contributed by atoms with Gasteiger partial charge in [-0.25, -0.2) is 4.79 Å². The Morgan fingerprint density at radius 3 is 2.54 bits per heavy atom. The SMILES string of the molecule is CCCCC(=O)Nc1sc2c(c1C(=O)OC)CC(C)(C)[NH2+]C2(C)C. The Morgan fingerprint density at radius 2 is 1.96 bits per heavy atom. The van der Waals surface area contributed by atoms with E-state index < -0.39 is 0 Å². The molecule has 5 nitrogen and oxygen atoms in total. The lowest BCUT2D eigenvalue weighted by Gasteiger charge is -2.38. The van der Waals surface area contributed by atoms with Crippen molar-refractivity contribution in [3.05, 3.63) is 16.0 Å². The van der Waals surface area contributed by atoms with Crippen molar-refractivity contribution < 1.29 is 19.6 Å². The standard InChI is InChI=1S/C18H28N2O3S/c1-7-8-9-12(21)19-15-13(16(22)23-6)11-10-17(2,3)20-18(4,5)14(11)24-15/h20H,7-10H2,1-6H3,(H,19,21)/p+1. The van der Waals surface area contributed by atoms with Gasteiger partial charge in [-0.15, -0.1) is 11.3 Å². The number of hydrogen-bond acceptors (Lipinski definition) is 4. The van der Waals surface area contributed by atoms with Gasteiger partial charge in [0.2, 0.25) is 5.91 Å². The molecular weight excluding hydrogens is 324 g/mol. The zero-order chi connectivity index (χ0) is 18.1. The van der Waals surface area contributed by atoms with Gasteiger partial charge < -0.3 is 15.4 Å². The summed E-state index contributed by atoms with van der Waals surface area (Å²) in [6, 6.07) is 0. The van der Waals surface area contributed by atoms with Crippen LogP contribution in [-0.2, 0) is 21.5 Å². The molecule has 0 aromatic carbocycles. The average Bonchev–Trinajstić information content (AvgIpc) is 2.81. The summed E-state index contributed by atoms with van der Waals surface area (Å²) in [5.74, 6) is -0.409. The van der Waals surface area contributed by atoms with Gasteiger partial charge in [-0.1, -0.05) is 13.3 Å². The number of nitrogens with one attached hydrogen (secondary N) is 1. The maximum Gasteiger partial charge on any atom is 0.341 e. The predicted octanol–water partition coefficient (Wildman–Crippen LogP) is 2.80. The fourth-order valence-corrected chi connectivity index (χ4v) is 4.93. The van der Waals surface area contributed by atoms with E-state index >= 15 is 0 Å². The van der Waals surface area contributed by atoms with Crippen molar-refractivity contribution in [3.63, 3.8) is 0 Å². The number of carbonyl (C=O) groups is 2. The third kappa shape index (κ3) is 3.81. The first-order valence-electron chi connectivity index (χ1n) is 8.52. The Kier molecular flexibility index (Phi) is 5.40. The number of thiophene rings is 1. The summed E-state index contributed by atoms with van der Waals surface area (Å²) in [4.78, 5) is 25.7. The van der Waals surface area contributed by atoms with Gasteiger partial charge in [0.15, 0.2) is 0 Å². The fourth-order valence-electron chi connectivity index (χ4n) is 3.64. The van der Waals surface area contributed by atoms with Gasteiger partial charge >= 0.3 is 5.97 Å². The Hall–Kier alpha value is -1.40. The lowest BCUT2D eigenvalue weighted by Crippen LogP contribution is -3.03. The number of esters is 1. The topological polar surface area (TPSA) is 72.0 Å². The van der Waals surface area contributed by atoms with Crippen molar-refractivity contribution >= 4 is 28.2 Å². The Labute approximate surface area is 148 Å². The molecule has 0 bridgehead atoms.